The first-order valence-corrected chi connectivity index (χ1v) is 10.2. The third-order valence-electron chi connectivity index (χ3n) is 3.30. The Morgan fingerprint density at radius 2 is 1.72 bits per heavy atom. The van der Waals surface area contributed by atoms with Crippen molar-refractivity contribution < 1.29 is 40.3 Å². The molecule has 0 aliphatic carbocycles. The first-order chi connectivity index (χ1) is 13.4. The molecule has 0 fully saturated rings. The lowest BCUT2D eigenvalue weighted by Gasteiger charge is -2.11. The van der Waals surface area contributed by atoms with E-state index >= 15 is 0 Å². The lowest BCUT2D eigenvalue weighted by Crippen LogP contribution is -2.17. The number of carbonyl (C=O) groups excluding carboxylic acids is 2. The van der Waals surface area contributed by atoms with Gasteiger partial charge in [0.05, 0.1) is 21.9 Å². The number of hydrogen-bond acceptors (Lipinski definition) is 6. The summed E-state index contributed by atoms with van der Waals surface area (Å²) < 4.78 is 80.9. The van der Waals surface area contributed by atoms with E-state index in [1.54, 1.807) is 0 Å². The fourth-order valence-electron chi connectivity index (χ4n) is 2.08. The number of rotatable bonds is 7. The Morgan fingerprint density at radius 3 is 2.24 bits per heavy atom. The summed E-state index contributed by atoms with van der Waals surface area (Å²) in [5.41, 5.74) is -0.510. The molecule has 0 atom stereocenters. The first-order valence-electron chi connectivity index (χ1n) is 7.72. The van der Waals surface area contributed by atoms with Gasteiger partial charge in [-0.15, -0.1) is 13.2 Å². The van der Waals surface area contributed by atoms with Crippen LogP contribution in [0.1, 0.15) is 17.3 Å². The predicted octanol–water partition coefficient (Wildman–Crippen LogP) is 3.99. The molecule has 0 aromatic heterocycles. The van der Waals surface area contributed by atoms with Gasteiger partial charge in [-0.2, -0.15) is 0 Å². The van der Waals surface area contributed by atoms with E-state index < -0.39 is 33.7 Å². The van der Waals surface area contributed by atoms with Crippen molar-refractivity contribution in [1.29, 1.82) is 0 Å². The third-order valence-corrected chi connectivity index (χ3v) is 5.51. The highest BCUT2D eigenvalue weighted by Gasteiger charge is 2.31. The van der Waals surface area contributed by atoms with Crippen molar-refractivity contribution >= 4 is 38.4 Å². The molecule has 0 heterocycles. The Kier molecular flexibility index (Phi) is 6.90. The van der Waals surface area contributed by atoms with Crippen molar-refractivity contribution in [3.8, 4) is 5.75 Å². The third kappa shape index (κ3) is 6.75. The molecule has 0 radical (unpaired) electrons. The molecule has 0 bridgehead atoms. The zero-order chi connectivity index (χ0) is 21.8. The quantitative estimate of drug-likeness (QED) is 0.506. The highest BCUT2D eigenvalue weighted by Crippen LogP contribution is 2.25. The molecule has 6 nitrogen and oxygen atoms in total. The Balaban J connectivity index is 2.15. The molecule has 1 N–H and O–H groups in total. The molecule has 0 saturated heterocycles. The van der Waals surface area contributed by atoms with E-state index in [0.717, 1.165) is 42.5 Å². The number of carbonyl (C=O) groups is 2. The number of anilines is 1. The van der Waals surface area contributed by atoms with E-state index in [1.165, 1.54) is 6.92 Å². The van der Waals surface area contributed by atoms with Crippen LogP contribution in [0.25, 0.3) is 0 Å². The van der Waals surface area contributed by atoms with Crippen LogP contribution in [0.4, 0.5) is 23.2 Å². The van der Waals surface area contributed by atoms with Crippen LogP contribution in [0.5, 0.6) is 5.75 Å². The summed E-state index contributed by atoms with van der Waals surface area (Å²) in [5.74, 6) is -2.50. The fraction of sp³-hybridized carbons (Fsp3) is 0.176. The van der Waals surface area contributed by atoms with E-state index in [1.807, 2.05) is 0 Å². The van der Waals surface area contributed by atoms with Crippen molar-refractivity contribution in [3.05, 3.63) is 53.8 Å². The van der Waals surface area contributed by atoms with Gasteiger partial charge < -0.3 is 4.74 Å². The monoisotopic (exact) mass is 451 g/mol. The summed E-state index contributed by atoms with van der Waals surface area (Å²) in [6, 6.07) is 6.40. The molecule has 2 rings (SSSR count). The number of hydrogen-bond donors (Lipinski definition) is 1. The normalized spacial score (nSPS) is 11.8. The number of ketones is 1. The van der Waals surface area contributed by atoms with Gasteiger partial charge >= 0.3 is 6.36 Å². The molecule has 156 valence electrons. The summed E-state index contributed by atoms with van der Waals surface area (Å²) in [6.45, 7) is 1.26. The maximum absolute atomic E-state index is 14.1. The van der Waals surface area contributed by atoms with Crippen molar-refractivity contribution in [1.82, 2.24) is 0 Å². The number of halogens is 4. The van der Waals surface area contributed by atoms with E-state index in [9.17, 15) is 35.6 Å². The largest absolute Gasteiger partial charge is 0.573 e. The van der Waals surface area contributed by atoms with Crippen molar-refractivity contribution in [3.63, 3.8) is 0 Å². The topological polar surface area (TPSA) is 89.5 Å². The molecular weight excluding hydrogens is 438 g/mol. The standard InChI is InChI=1S/C17H13F4NO5S2/c1-10(23)28-9-16(24)14-7-2-11(8-15(14)18)22-29(25,26)13-5-3-12(4-6-13)27-17(19,20)21/h2-8,22H,9H2,1H3. The molecule has 29 heavy (non-hydrogen) atoms. The molecule has 0 amide bonds. The van der Waals surface area contributed by atoms with E-state index in [2.05, 4.69) is 9.46 Å². The van der Waals surface area contributed by atoms with Gasteiger partial charge in [0.25, 0.3) is 10.0 Å². The molecule has 2 aromatic carbocycles. The lowest BCUT2D eigenvalue weighted by atomic mass is 10.1. The maximum Gasteiger partial charge on any atom is 0.573 e. The molecular formula is C17H13F4NO5S2. The van der Waals surface area contributed by atoms with E-state index in [4.69, 9.17) is 0 Å². The Bertz CT molecular complexity index is 1020. The second kappa shape index (κ2) is 8.82. The van der Waals surface area contributed by atoms with Gasteiger partial charge in [-0.1, -0.05) is 11.8 Å². The van der Waals surface area contributed by atoms with Crippen LogP contribution in [-0.2, 0) is 14.8 Å². The number of alkyl halides is 3. The summed E-state index contributed by atoms with van der Waals surface area (Å²) in [5, 5.41) is -0.310. The van der Waals surface area contributed by atoms with Crippen LogP contribution >= 0.6 is 11.8 Å². The van der Waals surface area contributed by atoms with Crippen molar-refractivity contribution in [2.24, 2.45) is 0 Å². The molecule has 0 unspecified atom stereocenters. The van der Waals surface area contributed by atoms with Gasteiger partial charge in [0, 0.05) is 6.92 Å². The van der Waals surface area contributed by atoms with Gasteiger partial charge in [0.1, 0.15) is 11.6 Å². The smallest absolute Gasteiger partial charge is 0.406 e. The Labute approximate surface area is 167 Å². The average molecular weight is 451 g/mol. The molecule has 2 aromatic rings. The highest BCUT2D eigenvalue weighted by atomic mass is 32.2. The second-order valence-corrected chi connectivity index (χ2v) is 8.36. The predicted molar refractivity (Wildman–Crippen MR) is 97.8 cm³/mol. The van der Waals surface area contributed by atoms with Gasteiger partial charge in [-0.3, -0.25) is 14.3 Å². The van der Waals surface area contributed by atoms with Crippen LogP contribution in [0.15, 0.2) is 47.4 Å². The Morgan fingerprint density at radius 1 is 1.10 bits per heavy atom. The minimum absolute atomic E-state index is 0.200. The molecule has 12 heteroatoms. The minimum atomic E-state index is -4.92. The van der Waals surface area contributed by atoms with E-state index in [0.29, 0.717) is 11.8 Å². The number of sulfonamides is 1. The van der Waals surface area contributed by atoms with E-state index in [-0.39, 0.29) is 27.0 Å². The molecule has 0 aliphatic rings. The highest BCUT2D eigenvalue weighted by molar-refractivity contribution is 8.14. The molecule has 0 spiro atoms. The Hall–Kier alpha value is -2.60. The zero-order valence-corrected chi connectivity index (χ0v) is 16.3. The summed E-state index contributed by atoms with van der Waals surface area (Å²) in [6.07, 6.45) is -4.92. The summed E-state index contributed by atoms with van der Waals surface area (Å²) in [4.78, 5) is 22.4. The number of benzene rings is 2. The zero-order valence-electron chi connectivity index (χ0n) is 14.6. The molecule has 0 saturated carbocycles. The fourth-order valence-corrected chi connectivity index (χ4v) is 3.62. The SMILES string of the molecule is CC(=O)SCC(=O)c1ccc(NS(=O)(=O)c2ccc(OC(F)(F)F)cc2)cc1F. The van der Waals surface area contributed by atoms with Crippen LogP contribution in [0.3, 0.4) is 0 Å². The second-order valence-electron chi connectivity index (χ2n) is 5.52. The lowest BCUT2D eigenvalue weighted by molar-refractivity contribution is -0.274. The van der Waals surface area contributed by atoms with Crippen molar-refractivity contribution in [2.45, 2.75) is 18.2 Å². The average Bonchev–Trinajstić information content (AvgIpc) is 2.58. The van der Waals surface area contributed by atoms with Crippen LogP contribution < -0.4 is 9.46 Å². The summed E-state index contributed by atoms with van der Waals surface area (Å²) >= 11 is 0.712. The number of thioether (sulfide) groups is 1. The van der Waals surface area contributed by atoms with Gasteiger partial charge in [0.15, 0.2) is 10.9 Å². The van der Waals surface area contributed by atoms with Gasteiger partial charge in [-0.05, 0) is 42.5 Å². The van der Waals surface area contributed by atoms with Crippen molar-refractivity contribution in [2.75, 3.05) is 10.5 Å². The maximum atomic E-state index is 14.1. The number of nitrogens with one attached hydrogen (secondary N) is 1. The molecule has 0 aliphatic heterocycles. The van der Waals surface area contributed by atoms with Crippen LogP contribution in [0.2, 0.25) is 0 Å². The van der Waals surface area contributed by atoms with Crippen LogP contribution in [0, 0.1) is 5.82 Å². The van der Waals surface area contributed by atoms with Gasteiger partial charge in [0.2, 0.25) is 0 Å². The van der Waals surface area contributed by atoms with Gasteiger partial charge in [-0.25, -0.2) is 12.8 Å². The minimum Gasteiger partial charge on any atom is -0.406 e. The first kappa shape index (κ1) is 22.7. The van der Waals surface area contributed by atoms with Crippen LogP contribution in [-0.4, -0.2) is 31.4 Å². The summed E-state index contributed by atoms with van der Waals surface area (Å²) in [7, 11) is -4.23. The number of Topliss-reactive ketones (excluding diaryl/α,β-unsaturated/α-hetero) is 1. The number of ether oxygens (including phenoxy) is 1.